The molecule has 1 heterocycles. The number of aromatic nitrogens is 2. The Balaban J connectivity index is 1.54. The molecule has 3 aromatic rings. The van der Waals surface area contributed by atoms with Crippen LogP contribution in [0.1, 0.15) is 16.1 Å². The minimum Gasteiger partial charge on any atom is -0.493 e. The standard InChI is InChI=1S/C21H21FN4O3/c1-28-18-8-7-14(11-19(18)29-2)9-10-23-21(27)17-12-25-20(13-24-17)26-16-6-4-3-5-15(16)22/h3-8,11-13H,9-10H2,1-2H3,(H,23,27)(H,25,26). The fourth-order valence-electron chi connectivity index (χ4n) is 2.66. The molecule has 0 saturated heterocycles. The third-order valence-electron chi connectivity index (χ3n) is 4.17. The van der Waals surface area contributed by atoms with E-state index in [9.17, 15) is 9.18 Å². The van der Waals surface area contributed by atoms with E-state index < -0.39 is 5.82 Å². The molecule has 0 radical (unpaired) electrons. The quantitative estimate of drug-likeness (QED) is 0.607. The van der Waals surface area contributed by atoms with Crippen molar-refractivity contribution < 1.29 is 18.7 Å². The van der Waals surface area contributed by atoms with E-state index in [1.807, 2.05) is 18.2 Å². The number of anilines is 2. The molecule has 0 bridgehead atoms. The number of carbonyl (C=O) groups excluding carboxylic acids is 1. The van der Waals surface area contributed by atoms with Crippen LogP contribution in [-0.2, 0) is 6.42 Å². The molecule has 3 rings (SSSR count). The van der Waals surface area contributed by atoms with Crippen LogP contribution in [0.15, 0.2) is 54.9 Å². The van der Waals surface area contributed by atoms with E-state index in [-0.39, 0.29) is 17.3 Å². The third kappa shape index (κ3) is 5.19. The molecular weight excluding hydrogens is 375 g/mol. The van der Waals surface area contributed by atoms with Crippen LogP contribution in [0.4, 0.5) is 15.9 Å². The maximum Gasteiger partial charge on any atom is 0.271 e. The van der Waals surface area contributed by atoms with Gasteiger partial charge in [-0.15, -0.1) is 0 Å². The van der Waals surface area contributed by atoms with Gasteiger partial charge in [-0.05, 0) is 36.2 Å². The maximum atomic E-state index is 13.7. The summed E-state index contributed by atoms with van der Waals surface area (Å²) >= 11 is 0. The Hall–Kier alpha value is -3.68. The summed E-state index contributed by atoms with van der Waals surface area (Å²) in [5, 5.41) is 5.62. The predicted octanol–water partition coefficient (Wildman–Crippen LogP) is 3.35. The molecule has 1 aromatic heterocycles. The van der Waals surface area contributed by atoms with E-state index in [0.717, 1.165) is 5.56 Å². The van der Waals surface area contributed by atoms with Gasteiger partial charge in [-0.25, -0.2) is 14.4 Å². The summed E-state index contributed by atoms with van der Waals surface area (Å²) in [4.78, 5) is 20.4. The smallest absolute Gasteiger partial charge is 0.271 e. The predicted molar refractivity (Wildman–Crippen MR) is 107 cm³/mol. The van der Waals surface area contributed by atoms with E-state index >= 15 is 0 Å². The highest BCUT2D eigenvalue weighted by Crippen LogP contribution is 2.27. The Morgan fingerprint density at radius 2 is 1.83 bits per heavy atom. The van der Waals surface area contributed by atoms with Gasteiger partial charge in [-0.1, -0.05) is 18.2 Å². The zero-order valence-electron chi connectivity index (χ0n) is 16.1. The van der Waals surface area contributed by atoms with Crippen molar-refractivity contribution in [3.63, 3.8) is 0 Å². The van der Waals surface area contributed by atoms with E-state index in [0.29, 0.717) is 30.3 Å². The first kappa shape index (κ1) is 20.1. The lowest BCUT2D eigenvalue weighted by Crippen LogP contribution is -2.26. The van der Waals surface area contributed by atoms with E-state index in [1.165, 1.54) is 18.5 Å². The average Bonchev–Trinajstić information content (AvgIpc) is 2.75. The molecule has 0 spiro atoms. The number of hydrogen-bond donors (Lipinski definition) is 2. The number of nitrogens with zero attached hydrogens (tertiary/aromatic N) is 2. The number of rotatable bonds is 8. The molecule has 2 aromatic carbocycles. The van der Waals surface area contributed by atoms with Crippen LogP contribution in [0.5, 0.6) is 11.5 Å². The van der Waals surface area contributed by atoms with Gasteiger partial charge in [0, 0.05) is 6.54 Å². The number of nitrogens with one attached hydrogen (secondary N) is 2. The number of halogens is 1. The molecule has 8 heteroatoms. The maximum absolute atomic E-state index is 13.7. The molecule has 0 aliphatic rings. The Labute approximate surface area is 167 Å². The zero-order chi connectivity index (χ0) is 20.6. The molecule has 7 nitrogen and oxygen atoms in total. The number of methoxy groups -OCH3 is 2. The minimum atomic E-state index is -0.397. The number of ether oxygens (including phenoxy) is 2. The van der Waals surface area contributed by atoms with Gasteiger partial charge in [-0.3, -0.25) is 4.79 Å². The van der Waals surface area contributed by atoms with Gasteiger partial charge in [0.15, 0.2) is 11.5 Å². The number of para-hydroxylation sites is 1. The fourth-order valence-corrected chi connectivity index (χ4v) is 2.66. The van der Waals surface area contributed by atoms with Gasteiger partial charge < -0.3 is 20.1 Å². The number of carbonyl (C=O) groups is 1. The van der Waals surface area contributed by atoms with Crippen LogP contribution in [-0.4, -0.2) is 36.6 Å². The largest absolute Gasteiger partial charge is 0.493 e. The van der Waals surface area contributed by atoms with E-state index in [1.54, 1.807) is 32.4 Å². The molecular formula is C21H21FN4O3. The first-order valence-electron chi connectivity index (χ1n) is 8.93. The number of hydrogen-bond acceptors (Lipinski definition) is 6. The molecule has 2 N–H and O–H groups in total. The summed E-state index contributed by atoms with van der Waals surface area (Å²) in [6, 6.07) is 11.8. The second-order valence-corrected chi connectivity index (χ2v) is 6.09. The van der Waals surface area contributed by atoms with Gasteiger partial charge in [0.2, 0.25) is 0 Å². The monoisotopic (exact) mass is 396 g/mol. The first-order valence-corrected chi connectivity index (χ1v) is 8.93. The van der Waals surface area contributed by atoms with Crippen molar-refractivity contribution in [1.82, 2.24) is 15.3 Å². The van der Waals surface area contributed by atoms with Gasteiger partial charge in [0.05, 0.1) is 32.3 Å². The van der Waals surface area contributed by atoms with Crippen LogP contribution < -0.4 is 20.1 Å². The normalized spacial score (nSPS) is 10.3. The van der Waals surface area contributed by atoms with Gasteiger partial charge in [0.1, 0.15) is 17.3 Å². The van der Waals surface area contributed by atoms with Crippen molar-refractivity contribution in [3.05, 3.63) is 71.9 Å². The second kappa shape index (κ2) is 9.50. The Morgan fingerprint density at radius 3 is 2.52 bits per heavy atom. The first-order chi connectivity index (χ1) is 14.1. The highest BCUT2D eigenvalue weighted by atomic mass is 19.1. The second-order valence-electron chi connectivity index (χ2n) is 6.09. The summed E-state index contributed by atoms with van der Waals surface area (Å²) in [5.41, 5.74) is 1.46. The summed E-state index contributed by atoms with van der Waals surface area (Å²) < 4.78 is 24.1. The topological polar surface area (TPSA) is 85.4 Å². The van der Waals surface area contributed by atoms with Crippen molar-refractivity contribution in [2.45, 2.75) is 6.42 Å². The lowest BCUT2D eigenvalue weighted by molar-refractivity contribution is 0.0949. The molecule has 0 atom stereocenters. The Morgan fingerprint density at radius 1 is 1.03 bits per heavy atom. The van der Waals surface area contributed by atoms with Crippen LogP contribution in [0.3, 0.4) is 0 Å². The van der Waals surface area contributed by atoms with Crippen LogP contribution >= 0.6 is 0 Å². The highest BCUT2D eigenvalue weighted by molar-refractivity contribution is 5.92. The van der Waals surface area contributed by atoms with Crippen molar-refractivity contribution in [3.8, 4) is 11.5 Å². The lowest BCUT2D eigenvalue weighted by atomic mass is 10.1. The molecule has 0 saturated carbocycles. The van der Waals surface area contributed by atoms with Crippen molar-refractivity contribution in [1.29, 1.82) is 0 Å². The lowest BCUT2D eigenvalue weighted by Gasteiger charge is -2.10. The summed E-state index contributed by atoms with van der Waals surface area (Å²) in [5.74, 6) is 0.901. The van der Waals surface area contributed by atoms with Crippen molar-refractivity contribution >= 4 is 17.4 Å². The molecule has 29 heavy (non-hydrogen) atoms. The average molecular weight is 396 g/mol. The van der Waals surface area contributed by atoms with Crippen molar-refractivity contribution in [2.75, 3.05) is 26.1 Å². The highest BCUT2D eigenvalue weighted by Gasteiger charge is 2.09. The van der Waals surface area contributed by atoms with Crippen LogP contribution in [0.25, 0.3) is 0 Å². The summed E-state index contributed by atoms with van der Waals surface area (Å²) in [6.07, 6.45) is 3.34. The van der Waals surface area contributed by atoms with Gasteiger partial charge >= 0.3 is 0 Å². The van der Waals surface area contributed by atoms with E-state index in [2.05, 4.69) is 20.6 Å². The number of benzene rings is 2. The molecule has 0 aliphatic heterocycles. The van der Waals surface area contributed by atoms with Gasteiger partial charge in [-0.2, -0.15) is 0 Å². The number of amides is 1. The summed E-state index contributed by atoms with van der Waals surface area (Å²) in [7, 11) is 3.16. The molecule has 1 amide bonds. The van der Waals surface area contributed by atoms with Crippen LogP contribution in [0.2, 0.25) is 0 Å². The zero-order valence-corrected chi connectivity index (χ0v) is 16.1. The minimum absolute atomic E-state index is 0.177. The van der Waals surface area contributed by atoms with Crippen molar-refractivity contribution in [2.24, 2.45) is 0 Å². The molecule has 0 fully saturated rings. The van der Waals surface area contributed by atoms with Gasteiger partial charge in [0.25, 0.3) is 5.91 Å². The fraction of sp³-hybridized carbons (Fsp3) is 0.190. The summed E-state index contributed by atoms with van der Waals surface area (Å²) in [6.45, 7) is 0.422. The molecule has 150 valence electrons. The third-order valence-corrected chi connectivity index (χ3v) is 4.17. The Bertz CT molecular complexity index is 980. The Kier molecular flexibility index (Phi) is 6.57. The van der Waals surface area contributed by atoms with Crippen LogP contribution in [0, 0.1) is 5.82 Å². The SMILES string of the molecule is COc1ccc(CCNC(=O)c2cnc(Nc3ccccc3F)cn2)cc1OC. The molecule has 0 aliphatic carbocycles. The van der Waals surface area contributed by atoms with E-state index in [4.69, 9.17) is 9.47 Å². The molecule has 0 unspecified atom stereocenters.